The van der Waals surface area contributed by atoms with Crippen LogP contribution in [0.3, 0.4) is 0 Å². The lowest BCUT2D eigenvalue weighted by molar-refractivity contribution is -0.122. The van der Waals surface area contributed by atoms with Crippen molar-refractivity contribution in [3.05, 3.63) is 17.5 Å². The Labute approximate surface area is 109 Å². The summed E-state index contributed by atoms with van der Waals surface area (Å²) in [6, 6.07) is 2.13. The second kappa shape index (κ2) is 5.65. The van der Waals surface area contributed by atoms with E-state index in [0.29, 0.717) is 6.42 Å². The maximum absolute atomic E-state index is 12.3. The van der Waals surface area contributed by atoms with Crippen molar-refractivity contribution in [2.75, 3.05) is 0 Å². The molecule has 4 heteroatoms. The number of ketones is 1. The van der Waals surface area contributed by atoms with Crippen LogP contribution in [0.25, 0.3) is 0 Å². The van der Waals surface area contributed by atoms with Crippen LogP contribution in [0.1, 0.15) is 44.5 Å². The molecule has 2 N–H and O–H groups in total. The van der Waals surface area contributed by atoms with Crippen molar-refractivity contribution in [1.82, 2.24) is 9.78 Å². The summed E-state index contributed by atoms with van der Waals surface area (Å²) in [4.78, 5) is 12.3. The average molecular weight is 249 g/mol. The summed E-state index contributed by atoms with van der Waals surface area (Å²) in [7, 11) is 0. The number of carbonyl (C=O) groups is 1. The zero-order chi connectivity index (χ0) is 13.1. The third kappa shape index (κ3) is 2.64. The van der Waals surface area contributed by atoms with E-state index in [9.17, 15) is 4.79 Å². The lowest BCUT2D eigenvalue weighted by Crippen LogP contribution is -2.31. The third-order valence-electron chi connectivity index (χ3n) is 3.91. The fraction of sp³-hybridized carbons (Fsp3) is 0.714. The molecule has 1 saturated carbocycles. The number of carbonyl (C=O) groups excluding carboxylic acids is 1. The molecule has 2 atom stereocenters. The molecule has 1 aliphatic carbocycles. The minimum atomic E-state index is 0.0651. The van der Waals surface area contributed by atoms with Gasteiger partial charge in [0.25, 0.3) is 0 Å². The molecule has 1 fully saturated rings. The van der Waals surface area contributed by atoms with E-state index in [0.717, 1.165) is 43.6 Å². The minimum absolute atomic E-state index is 0.0651. The molecule has 2 unspecified atom stereocenters. The van der Waals surface area contributed by atoms with Crippen LogP contribution in [-0.2, 0) is 24.2 Å². The number of hydrogen-bond acceptors (Lipinski definition) is 3. The number of rotatable bonds is 5. The molecule has 0 aliphatic heterocycles. The van der Waals surface area contributed by atoms with Crippen molar-refractivity contribution >= 4 is 5.78 Å². The highest BCUT2D eigenvalue weighted by Crippen LogP contribution is 2.26. The van der Waals surface area contributed by atoms with Gasteiger partial charge in [-0.15, -0.1) is 0 Å². The highest BCUT2D eigenvalue weighted by Gasteiger charge is 2.30. The number of nitrogens with two attached hydrogens (primary N) is 1. The Morgan fingerprint density at radius 2 is 2.28 bits per heavy atom. The molecule has 1 aliphatic rings. The topological polar surface area (TPSA) is 60.9 Å². The van der Waals surface area contributed by atoms with E-state index in [1.54, 1.807) is 0 Å². The maximum Gasteiger partial charge on any atom is 0.143 e. The Morgan fingerprint density at radius 3 is 2.83 bits per heavy atom. The van der Waals surface area contributed by atoms with E-state index in [2.05, 4.69) is 25.0 Å². The van der Waals surface area contributed by atoms with Crippen LogP contribution in [0.15, 0.2) is 6.07 Å². The van der Waals surface area contributed by atoms with Crippen molar-refractivity contribution in [3.63, 3.8) is 0 Å². The van der Waals surface area contributed by atoms with Gasteiger partial charge in [-0.05, 0) is 32.3 Å². The number of aromatic nitrogens is 2. The van der Waals surface area contributed by atoms with Crippen molar-refractivity contribution in [1.29, 1.82) is 0 Å². The number of aryl methyl sites for hydroxylation is 2. The highest BCUT2D eigenvalue weighted by atomic mass is 16.1. The summed E-state index contributed by atoms with van der Waals surface area (Å²) in [5, 5.41) is 4.48. The SMILES string of the molecule is CCc1cc(CC(=O)C2CCCC2N)n(CC)n1. The summed E-state index contributed by atoms with van der Waals surface area (Å²) < 4.78 is 1.94. The largest absolute Gasteiger partial charge is 0.327 e. The second-order valence-corrected chi connectivity index (χ2v) is 5.14. The van der Waals surface area contributed by atoms with Crippen molar-refractivity contribution in [2.24, 2.45) is 11.7 Å². The molecule has 2 rings (SSSR count). The van der Waals surface area contributed by atoms with Crippen molar-refractivity contribution in [2.45, 2.75) is 58.5 Å². The van der Waals surface area contributed by atoms with E-state index in [-0.39, 0.29) is 17.7 Å². The lowest BCUT2D eigenvalue weighted by atomic mass is 9.95. The molecular formula is C14H23N3O. The van der Waals surface area contributed by atoms with Gasteiger partial charge >= 0.3 is 0 Å². The molecule has 0 bridgehead atoms. The van der Waals surface area contributed by atoms with Gasteiger partial charge in [-0.25, -0.2) is 0 Å². The average Bonchev–Trinajstić information content (AvgIpc) is 2.95. The van der Waals surface area contributed by atoms with Crippen LogP contribution >= 0.6 is 0 Å². The van der Waals surface area contributed by atoms with Gasteiger partial charge in [-0.2, -0.15) is 5.10 Å². The van der Waals surface area contributed by atoms with Gasteiger partial charge in [0.15, 0.2) is 0 Å². The fourth-order valence-electron chi connectivity index (χ4n) is 2.80. The molecule has 18 heavy (non-hydrogen) atoms. The Morgan fingerprint density at radius 1 is 1.50 bits per heavy atom. The predicted octanol–water partition coefficient (Wildman–Crippen LogP) is 1.70. The molecule has 0 saturated heterocycles. The van der Waals surface area contributed by atoms with Crippen LogP contribution < -0.4 is 5.73 Å². The molecular weight excluding hydrogens is 226 g/mol. The molecule has 1 aromatic rings. The van der Waals surface area contributed by atoms with Gasteiger partial charge < -0.3 is 5.73 Å². The summed E-state index contributed by atoms with van der Waals surface area (Å²) in [5.41, 5.74) is 8.10. The molecule has 4 nitrogen and oxygen atoms in total. The smallest absolute Gasteiger partial charge is 0.143 e. The van der Waals surface area contributed by atoms with Crippen LogP contribution in [0.2, 0.25) is 0 Å². The number of nitrogens with zero attached hydrogens (tertiary/aromatic N) is 2. The highest BCUT2D eigenvalue weighted by molar-refractivity contribution is 5.83. The van der Waals surface area contributed by atoms with Gasteiger partial charge in [0.2, 0.25) is 0 Å². The van der Waals surface area contributed by atoms with Crippen molar-refractivity contribution < 1.29 is 4.79 Å². The molecule has 0 radical (unpaired) electrons. The van der Waals surface area contributed by atoms with Crippen LogP contribution in [-0.4, -0.2) is 21.6 Å². The van der Waals surface area contributed by atoms with E-state index < -0.39 is 0 Å². The van der Waals surface area contributed by atoms with E-state index in [1.807, 2.05) is 4.68 Å². The summed E-state index contributed by atoms with van der Waals surface area (Å²) in [5.74, 6) is 0.354. The zero-order valence-electron chi connectivity index (χ0n) is 11.4. The predicted molar refractivity (Wildman–Crippen MR) is 71.3 cm³/mol. The molecule has 0 aromatic carbocycles. The number of Topliss-reactive ketones (excluding diaryl/α,β-unsaturated/α-hetero) is 1. The van der Waals surface area contributed by atoms with E-state index in [1.165, 1.54) is 0 Å². The lowest BCUT2D eigenvalue weighted by Gasteiger charge is -2.14. The first-order chi connectivity index (χ1) is 8.65. The Balaban J connectivity index is 2.08. The molecule has 100 valence electrons. The van der Waals surface area contributed by atoms with E-state index in [4.69, 9.17) is 5.73 Å². The van der Waals surface area contributed by atoms with Crippen LogP contribution in [0.4, 0.5) is 0 Å². The van der Waals surface area contributed by atoms with Gasteiger partial charge in [0, 0.05) is 30.6 Å². The number of hydrogen-bond donors (Lipinski definition) is 1. The second-order valence-electron chi connectivity index (χ2n) is 5.14. The zero-order valence-corrected chi connectivity index (χ0v) is 11.4. The first-order valence-electron chi connectivity index (χ1n) is 6.99. The standard InChI is InChI=1S/C14H23N3O/c1-3-10-8-11(17(4-2)16-10)9-14(18)12-6-5-7-13(12)15/h8,12-13H,3-7,9,15H2,1-2H3. The maximum atomic E-state index is 12.3. The summed E-state index contributed by atoms with van der Waals surface area (Å²) in [6.07, 6.45) is 4.44. The van der Waals surface area contributed by atoms with E-state index >= 15 is 0 Å². The summed E-state index contributed by atoms with van der Waals surface area (Å²) >= 11 is 0. The monoisotopic (exact) mass is 249 g/mol. The molecule has 0 amide bonds. The third-order valence-corrected chi connectivity index (χ3v) is 3.91. The first kappa shape index (κ1) is 13.3. The Kier molecular flexibility index (Phi) is 4.17. The van der Waals surface area contributed by atoms with Gasteiger partial charge in [0.1, 0.15) is 5.78 Å². The fourth-order valence-corrected chi connectivity index (χ4v) is 2.80. The molecule has 1 aromatic heterocycles. The van der Waals surface area contributed by atoms with Crippen LogP contribution in [0, 0.1) is 5.92 Å². The van der Waals surface area contributed by atoms with Gasteiger partial charge in [-0.3, -0.25) is 9.48 Å². The van der Waals surface area contributed by atoms with Gasteiger partial charge in [0.05, 0.1) is 5.69 Å². The summed E-state index contributed by atoms with van der Waals surface area (Å²) in [6.45, 7) is 4.96. The van der Waals surface area contributed by atoms with Crippen LogP contribution in [0.5, 0.6) is 0 Å². The van der Waals surface area contributed by atoms with Gasteiger partial charge in [-0.1, -0.05) is 13.3 Å². The molecule has 1 heterocycles. The normalized spacial score (nSPS) is 23.5. The minimum Gasteiger partial charge on any atom is -0.327 e. The quantitative estimate of drug-likeness (QED) is 0.864. The first-order valence-corrected chi connectivity index (χ1v) is 6.99. The molecule has 0 spiro atoms. The van der Waals surface area contributed by atoms with Crippen molar-refractivity contribution in [3.8, 4) is 0 Å². The Hall–Kier alpha value is -1.16. The Bertz CT molecular complexity index is 425.